The third kappa shape index (κ3) is 4.78. The third-order valence-corrected chi connectivity index (χ3v) is 5.82. The van der Waals surface area contributed by atoms with Crippen LogP contribution in [0.15, 0.2) is 12.1 Å². The molecule has 2 aromatic rings. The first-order valence-corrected chi connectivity index (χ1v) is 10.8. The molecule has 0 aliphatic carbocycles. The van der Waals surface area contributed by atoms with Gasteiger partial charge in [0.05, 0.1) is 16.3 Å². The Morgan fingerprint density at radius 2 is 1.88 bits per heavy atom. The maximum absolute atomic E-state index is 14.7. The molecule has 2 amide bonds. The Labute approximate surface area is 191 Å². The molecule has 3 rings (SSSR count). The Morgan fingerprint density at radius 1 is 1.19 bits per heavy atom. The van der Waals surface area contributed by atoms with Crippen LogP contribution in [0.25, 0.3) is 11.4 Å². The lowest BCUT2D eigenvalue weighted by molar-refractivity contribution is -0.124. The van der Waals surface area contributed by atoms with Gasteiger partial charge in [0.2, 0.25) is 5.91 Å². The van der Waals surface area contributed by atoms with E-state index in [4.69, 9.17) is 11.6 Å². The van der Waals surface area contributed by atoms with Gasteiger partial charge < -0.3 is 20.1 Å². The van der Waals surface area contributed by atoms with Gasteiger partial charge >= 0.3 is 0 Å². The second-order valence-electron chi connectivity index (χ2n) is 9.11. The molecule has 0 spiro atoms. The summed E-state index contributed by atoms with van der Waals surface area (Å²) < 4.78 is 30.2. The van der Waals surface area contributed by atoms with E-state index in [9.17, 15) is 18.4 Å². The number of carbonyl (C=O) groups is 2. The van der Waals surface area contributed by atoms with E-state index < -0.39 is 29.0 Å². The summed E-state index contributed by atoms with van der Waals surface area (Å²) >= 11 is 5.90. The Bertz CT molecular complexity index is 1050. The van der Waals surface area contributed by atoms with Crippen molar-refractivity contribution in [3.05, 3.63) is 40.2 Å². The molecule has 32 heavy (non-hydrogen) atoms. The lowest BCUT2D eigenvalue weighted by Gasteiger charge is -2.29. The summed E-state index contributed by atoms with van der Waals surface area (Å²) in [6.45, 7) is 7.22. The minimum absolute atomic E-state index is 0.0138. The van der Waals surface area contributed by atoms with Crippen molar-refractivity contribution in [1.82, 2.24) is 25.1 Å². The number of nitrogens with zero attached hydrogens (tertiary/aromatic N) is 3. The first-order valence-electron chi connectivity index (χ1n) is 10.4. The number of nitrogens with one attached hydrogen (secondary N) is 2. The van der Waals surface area contributed by atoms with Crippen LogP contribution >= 0.6 is 11.6 Å². The smallest absolute Gasteiger partial charge is 0.272 e. The summed E-state index contributed by atoms with van der Waals surface area (Å²) in [5, 5.41) is 5.12. The highest BCUT2D eigenvalue weighted by Gasteiger charge is 2.35. The summed E-state index contributed by atoms with van der Waals surface area (Å²) in [5.41, 5.74) is 0.163. The van der Waals surface area contributed by atoms with Crippen LogP contribution in [0, 0.1) is 17.0 Å². The molecule has 7 nitrogen and oxygen atoms in total. The molecular weight excluding hydrogens is 440 g/mol. The second kappa shape index (κ2) is 9.15. The third-order valence-electron chi connectivity index (χ3n) is 5.53. The van der Waals surface area contributed by atoms with Crippen LogP contribution in [0.1, 0.15) is 43.4 Å². The molecular formula is C22H28ClF2N5O2. The Balaban J connectivity index is 2.12. The van der Waals surface area contributed by atoms with Gasteiger partial charge in [0.25, 0.3) is 5.91 Å². The Morgan fingerprint density at radius 3 is 2.50 bits per heavy atom. The highest BCUT2D eigenvalue weighted by molar-refractivity contribution is 6.31. The lowest BCUT2D eigenvalue weighted by Crippen LogP contribution is -2.53. The van der Waals surface area contributed by atoms with Gasteiger partial charge in [0, 0.05) is 26.2 Å². The molecule has 0 fully saturated rings. The number of aromatic nitrogens is 2. The average Bonchev–Trinajstić information content (AvgIpc) is 2.93. The van der Waals surface area contributed by atoms with Crippen molar-refractivity contribution < 1.29 is 18.4 Å². The van der Waals surface area contributed by atoms with Gasteiger partial charge in [-0.15, -0.1) is 0 Å². The lowest BCUT2D eigenvalue weighted by atomic mass is 9.86. The van der Waals surface area contributed by atoms with Crippen molar-refractivity contribution in [2.24, 2.45) is 5.41 Å². The van der Waals surface area contributed by atoms with Gasteiger partial charge in [0.15, 0.2) is 5.69 Å². The number of hydrogen-bond donors (Lipinski definition) is 2. The Hall–Kier alpha value is -2.52. The van der Waals surface area contributed by atoms with Crippen LogP contribution in [0.3, 0.4) is 0 Å². The van der Waals surface area contributed by atoms with Crippen LogP contribution in [-0.4, -0.2) is 52.9 Å². The van der Waals surface area contributed by atoms with Crippen molar-refractivity contribution in [3.8, 4) is 11.4 Å². The number of hydrogen-bond acceptors (Lipinski definition) is 4. The quantitative estimate of drug-likeness (QED) is 0.677. The molecule has 1 unspecified atom stereocenters. The maximum Gasteiger partial charge on any atom is 0.272 e. The van der Waals surface area contributed by atoms with E-state index in [1.54, 1.807) is 4.57 Å². The molecule has 2 N–H and O–H groups in total. The van der Waals surface area contributed by atoms with Crippen LogP contribution in [-0.2, 0) is 17.9 Å². The van der Waals surface area contributed by atoms with E-state index in [0.29, 0.717) is 24.8 Å². The van der Waals surface area contributed by atoms with E-state index in [0.717, 1.165) is 13.0 Å². The SMILES string of the molecule is CNC(=O)C(NC(=O)c1nc(-c2cc(Cl)c(F)cc2F)n2c1CN(C)CCC2)C(C)(C)C. The number of amides is 2. The molecule has 1 aromatic heterocycles. The van der Waals surface area contributed by atoms with Crippen molar-refractivity contribution >= 4 is 23.4 Å². The second-order valence-corrected chi connectivity index (χ2v) is 9.51. The number of imidazole rings is 1. The van der Waals surface area contributed by atoms with Crippen molar-refractivity contribution in [1.29, 1.82) is 0 Å². The zero-order valence-electron chi connectivity index (χ0n) is 18.9. The van der Waals surface area contributed by atoms with E-state index in [-0.39, 0.29) is 28.0 Å². The van der Waals surface area contributed by atoms with Gasteiger partial charge in [-0.2, -0.15) is 0 Å². The number of likely N-dealkylation sites (N-methyl/N-ethyl adjacent to an activating group) is 1. The predicted octanol–water partition coefficient (Wildman–Crippen LogP) is 3.21. The first kappa shape index (κ1) is 24.1. The van der Waals surface area contributed by atoms with Gasteiger partial charge in [-0.3, -0.25) is 9.59 Å². The summed E-state index contributed by atoms with van der Waals surface area (Å²) in [6.07, 6.45) is 0.757. The predicted molar refractivity (Wildman–Crippen MR) is 118 cm³/mol. The average molecular weight is 468 g/mol. The molecule has 1 aromatic carbocycles. The number of benzene rings is 1. The molecule has 1 atom stereocenters. The molecule has 10 heteroatoms. The van der Waals surface area contributed by atoms with Crippen LogP contribution < -0.4 is 10.6 Å². The van der Waals surface area contributed by atoms with Gasteiger partial charge in [0.1, 0.15) is 23.5 Å². The molecule has 0 bridgehead atoms. The molecule has 2 heterocycles. The summed E-state index contributed by atoms with van der Waals surface area (Å²) in [4.78, 5) is 32.2. The fraction of sp³-hybridized carbons (Fsp3) is 0.500. The van der Waals surface area contributed by atoms with Crippen molar-refractivity contribution in [3.63, 3.8) is 0 Å². The zero-order valence-corrected chi connectivity index (χ0v) is 19.6. The first-order chi connectivity index (χ1) is 14.9. The molecule has 1 aliphatic rings. The van der Waals surface area contributed by atoms with Gasteiger partial charge in [-0.25, -0.2) is 13.8 Å². The fourth-order valence-corrected chi connectivity index (χ4v) is 3.99. The minimum Gasteiger partial charge on any atom is -0.357 e. The van der Waals surface area contributed by atoms with Crippen molar-refractivity contribution in [2.75, 3.05) is 20.6 Å². The fourth-order valence-electron chi connectivity index (χ4n) is 3.82. The topological polar surface area (TPSA) is 79.3 Å². The summed E-state index contributed by atoms with van der Waals surface area (Å²) in [7, 11) is 3.42. The molecule has 0 saturated heterocycles. The molecule has 1 aliphatic heterocycles. The number of fused-ring (bicyclic) bond motifs is 1. The standard InChI is InChI=1S/C22H28ClF2N5O2/c1-22(2,3)18(21(32)26-4)28-20(31)17-16-11-29(5)7-6-8-30(16)19(27-17)12-9-13(23)15(25)10-14(12)24/h9-10,18H,6-8,11H2,1-5H3,(H,26,32)(H,28,31). The van der Waals surface area contributed by atoms with E-state index in [1.807, 2.05) is 32.7 Å². The van der Waals surface area contributed by atoms with Gasteiger partial charge in [-0.05, 0) is 31.5 Å². The molecule has 174 valence electrons. The van der Waals surface area contributed by atoms with E-state index in [2.05, 4.69) is 15.6 Å². The number of halogens is 3. The van der Waals surface area contributed by atoms with Crippen LogP contribution in [0.2, 0.25) is 5.02 Å². The number of rotatable bonds is 4. The largest absolute Gasteiger partial charge is 0.357 e. The highest BCUT2D eigenvalue weighted by atomic mass is 35.5. The van der Waals surface area contributed by atoms with Gasteiger partial charge in [-0.1, -0.05) is 32.4 Å². The monoisotopic (exact) mass is 467 g/mol. The van der Waals surface area contributed by atoms with E-state index >= 15 is 0 Å². The molecule has 0 radical (unpaired) electrons. The molecule has 0 saturated carbocycles. The van der Waals surface area contributed by atoms with Crippen LogP contribution in [0.5, 0.6) is 0 Å². The highest BCUT2D eigenvalue weighted by Crippen LogP contribution is 2.31. The van der Waals surface area contributed by atoms with E-state index in [1.165, 1.54) is 13.1 Å². The normalized spacial score (nSPS) is 15.6. The minimum atomic E-state index is -0.869. The Kier molecular flexibility index (Phi) is 6.90. The summed E-state index contributed by atoms with van der Waals surface area (Å²) in [6, 6.07) is 1.09. The van der Waals surface area contributed by atoms with Crippen LogP contribution in [0.4, 0.5) is 8.78 Å². The van der Waals surface area contributed by atoms with Crippen molar-refractivity contribution in [2.45, 2.75) is 46.3 Å². The number of carbonyl (C=O) groups excluding carboxylic acids is 2. The zero-order chi connectivity index (χ0) is 23.8. The maximum atomic E-state index is 14.7. The summed E-state index contributed by atoms with van der Waals surface area (Å²) in [5.74, 6) is -2.35.